The Morgan fingerprint density at radius 2 is 0.476 bits per heavy atom. The molecular weight excluding hydrogens is 312 g/mol. The molecule has 0 radical (unpaired) electrons. The van der Waals surface area contributed by atoms with Crippen LogP contribution in [0.1, 0.15) is 55.4 Å². The molecular formula is C12H40N4O4Ti. The van der Waals surface area contributed by atoms with Crippen molar-refractivity contribution in [3.8, 4) is 0 Å². The molecule has 0 unspecified atom stereocenters. The second-order valence-corrected chi connectivity index (χ2v) is 7.64. The molecule has 0 bridgehead atoms. The van der Waals surface area contributed by atoms with Crippen LogP contribution in [0.2, 0.25) is 0 Å². The summed E-state index contributed by atoms with van der Waals surface area (Å²) < 4.78 is 34.5. The zero-order valence-corrected chi connectivity index (χ0v) is 16.8. The van der Waals surface area contributed by atoms with Crippen molar-refractivity contribution in [2.75, 3.05) is 0 Å². The Balaban J connectivity index is -0.0000000510. The molecule has 9 heteroatoms. The Kier molecular flexibility index (Phi) is 35.7. The number of rotatable bonds is 0. The molecule has 0 atom stereocenters. The summed E-state index contributed by atoms with van der Waals surface area (Å²) >= 11 is -6.00. The van der Waals surface area contributed by atoms with Crippen molar-refractivity contribution in [2.45, 2.75) is 79.6 Å². The number of hydrogen-bond donors (Lipinski definition) is 4. The second kappa shape index (κ2) is 22.7. The summed E-state index contributed by atoms with van der Waals surface area (Å²) in [7, 11) is 0. The third-order valence-electron chi connectivity index (χ3n) is 0. The van der Waals surface area contributed by atoms with E-state index in [0.29, 0.717) is 24.2 Å². The summed E-state index contributed by atoms with van der Waals surface area (Å²) in [6.07, 6.45) is 0. The van der Waals surface area contributed by atoms with Crippen LogP contribution in [0.3, 0.4) is 0 Å². The molecule has 0 saturated heterocycles. The predicted molar refractivity (Wildman–Crippen MR) is 72.1 cm³/mol. The van der Waals surface area contributed by atoms with Gasteiger partial charge in [-0.05, 0) is 55.4 Å². The first-order valence-corrected chi connectivity index (χ1v) is 9.62. The molecule has 0 saturated carbocycles. The van der Waals surface area contributed by atoms with Crippen molar-refractivity contribution in [1.29, 1.82) is 0 Å². The topological polar surface area (TPSA) is 203 Å². The summed E-state index contributed by atoms with van der Waals surface area (Å²) in [5, 5.41) is 0. The van der Waals surface area contributed by atoms with Gasteiger partial charge < -0.3 is 22.9 Å². The predicted octanol–water partition coefficient (Wildman–Crippen LogP) is -6.21. The van der Waals surface area contributed by atoms with Crippen molar-refractivity contribution in [3.05, 3.63) is 0 Å². The van der Waals surface area contributed by atoms with Gasteiger partial charge in [-0.15, -0.1) is 0 Å². The Morgan fingerprint density at radius 1 is 0.476 bits per heavy atom. The van der Waals surface area contributed by atoms with Crippen LogP contribution in [0.5, 0.6) is 0 Å². The SMILES string of the molecule is CC(C)[NH3+].CC(C)[NH3+].CC(C)[NH3+].CC(C)[NH3+].[O-][Ti]([O-])([O-])[O-]. The van der Waals surface area contributed by atoms with E-state index in [4.69, 9.17) is 14.8 Å². The van der Waals surface area contributed by atoms with Gasteiger partial charge in [0.25, 0.3) is 0 Å². The van der Waals surface area contributed by atoms with Crippen LogP contribution in [-0.4, -0.2) is 24.2 Å². The first-order valence-electron chi connectivity index (χ1n) is 7.07. The molecule has 136 valence electrons. The quantitative estimate of drug-likeness (QED) is 0.314. The standard InChI is InChI=1S/4C3H9N.4O.Ti/c4*1-3(2)4;;;;;/h4*3H,4H2,1-2H3;;;;;/q;;;;4*-1;/p+4. The van der Waals surface area contributed by atoms with Crippen molar-refractivity contribution in [3.63, 3.8) is 0 Å². The van der Waals surface area contributed by atoms with Crippen molar-refractivity contribution in [2.24, 2.45) is 0 Å². The molecule has 0 aliphatic carbocycles. The van der Waals surface area contributed by atoms with Crippen LogP contribution in [0, 0.1) is 0 Å². The molecule has 0 spiro atoms. The third kappa shape index (κ3) is 44400. The summed E-state index contributed by atoms with van der Waals surface area (Å²) in [4.78, 5) is 0. The average Bonchev–Trinajstić information content (AvgIpc) is 1.91. The van der Waals surface area contributed by atoms with Crippen LogP contribution in [0.15, 0.2) is 0 Å². The van der Waals surface area contributed by atoms with E-state index in [2.05, 4.69) is 78.3 Å². The van der Waals surface area contributed by atoms with Gasteiger partial charge >= 0.3 is 32.9 Å². The van der Waals surface area contributed by atoms with E-state index in [1.165, 1.54) is 0 Å². The van der Waals surface area contributed by atoms with E-state index < -0.39 is 18.1 Å². The first-order chi connectivity index (χ1) is 8.93. The monoisotopic (exact) mass is 352 g/mol. The van der Waals surface area contributed by atoms with Crippen LogP contribution in [0.25, 0.3) is 0 Å². The summed E-state index contributed by atoms with van der Waals surface area (Å²) in [6.45, 7) is 16.4. The molecule has 0 heterocycles. The Labute approximate surface area is 135 Å². The summed E-state index contributed by atoms with van der Waals surface area (Å²) in [5.74, 6) is 0. The molecule has 8 nitrogen and oxygen atoms in total. The van der Waals surface area contributed by atoms with Crippen LogP contribution < -0.4 is 37.7 Å². The maximum atomic E-state index is 8.62. The second-order valence-electron chi connectivity index (χ2n) is 6.08. The Bertz CT molecular complexity index is 125. The molecule has 0 aromatic heterocycles. The Hall–Kier alpha value is 0.394. The molecule has 0 fully saturated rings. The van der Waals surface area contributed by atoms with E-state index in [9.17, 15) is 0 Å². The fraction of sp³-hybridized carbons (Fsp3) is 1.00. The molecule has 0 aromatic carbocycles. The maximum absolute atomic E-state index is 8.62. The van der Waals surface area contributed by atoms with Crippen molar-refractivity contribution in [1.82, 2.24) is 0 Å². The molecule has 0 amide bonds. The van der Waals surface area contributed by atoms with Gasteiger partial charge in [-0.2, -0.15) is 0 Å². The van der Waals surface area contributed by atoms with E-state index in [-0.39, 0.29) is 0 Å². The van der Waals surface area contributed by atoms with Gasteiger partial charge in [0.2, 0.25) is 0 Å². The van der Waals surface area contributed by atoms with Gasteiger partial charge in [0.1, 0.15) is 0 Å². The molecule has 12 N–H and O–H groups in total. The molecule has 0 aromatic rings. The average molecular weight is 352 g/mol. The van der Waals surface area contributed by atoms with E-state index in [1.807, 2.05) is 0 Å². The van der Waals surface area contributed by atoms with Gasteiger partial charge in [-0.3, -0.25) is 0 Å². The van der Waals surface area contributed by atoms with E-state index >= 15 is 0 Å². The van der Waals surface area contributed by atoms with E-state index in [1.54, 1.807) is 0 Å². The van der Waals surface area contributed by atoms with E-state index in [0.717, 1.165) is 0 Å². The molecule has 0 aliphatic rings. The fourth-order valence-electron chi connectivity index (χ4n) is 0. The van der Waals surface area contributed by atoms with Gasteiger partial charge in [-0.25, -0.2) is 0 Å². The third-order valence-corrected chi connectivity index (χ3v) is 0. The minimum absolute atomic E-state index is 0.583. The zero-order chi connectivity index (χ0) is 18.8. The molecule has 21 heavy (non-hydrogen) atoms. The fourth-order valence-corrected chi connectivity index (χ4v) is 0. The number of quaternary nitrogens is 4. The van der Waals surface area contributed by atoms with Gasteiger partial charge in [0.05, 0.1) is 24.2 Å². The van der Waals surface area contributed by atoms with Gasteiger partial charge in [0, 0.05) is 0 Å². The molecule has 0 aliphatic heterocycles. The first kappa shape index (κ1) is 33.1. The molecule has 0 rings (SSSR count). The van der Waals surface area contributed by atoms with Crippen LogP contribution >= 0.6 is 0 Å². The zero-order valence-electron chi connectivity index (χ0n) is 15.3. The van der Waals surface area contributed by atoms with Crippen molar-refractivity contribution < 1.29 is 55.8 Å². The minimum atomic E-state index is -6.00. The summed E-state index contributed by atoms with van der Waals surface area (Å²) in [6, 6.07) is 2.33. The van der Waals surface area contributed by atoms with Gasteiger partial charge in [-0.1, -0.05) is 0 Å². The van der Waals surface area contributed by atoms with Crippen LogP contribution in [-0.2, 0) is 18.1 Å². The van der Waals surface area contributed by atoms with Crippen molar-refractivity contribution >= 4 is 0 Å². The Morgan fingerprint density at radius 3 is 0.476 bits per heavy atom. The normalized spacial score (nSPS) is 9.71. The van der Waals surface area contributed by atoms with Gasteiger partial charge in [0.15, 0.2) is 0 Å². The summed E-state index contributed by atoms with van der Waals surface area (Å²) in [5.41, 5.74) is 14.6. The number of hydrogen-bond acceptors (Lipinski definition) is 4. The van der Waals surface area contributed by atoms with Crippen LogP contribution in [0.4, 0.5) is 0 Å².